The highest BCUT2D eigenvalue weighted by molar-refractivity contribution is 5.97. The number of hydrogen-bond donors (Lipinski definition) is 2. The first kappa shape index (κ1) is 10.3. The molecule has 2 heterocycles. The summed E-state index contributed by atoms with van der Waals surface area (Å²) in [5.41, 5.74) is 3.83. The van der Waals surface area contributed by atoms with Gasteiger partial charge in [0.1, 0.15) is 5.69 Å². The molecule has 1 aliphatic carbocycles. The number of pyridine rings is 1. The second-order valence-corrected chi connectivity index (χ2v) is 4.33. The van der Waals surface area contributed by atoms with E-state index in [-0.39, 0.29) is 5.91 Å². The lowest BCUT2D eigenvalue weighted by molar-refractivity contribution is 0.0267. The molecule has 0 atom stereocenters. The second kappa shape index (κ2) is 4.18. The third-order valence-corrected chi connectivity index (χ3v) is 2.85. The number of fused-ring (bicyclic) bond motifs is 1. The minimum Gasteiger partial charge on any atom is -0.350 e. The molecule has 17 heavy (non-hydrogen) atoms. The summed E-state index contributed by atoms with van der Waals surface area (Å²) in [6.45, 7) is 0.605. The van der Waals surface area contributed by atoms with Crippen molar-refractivity contribution in [2.45, 2.75) is 12.8 Å². The van der Waals surface area contributed by atoms with E-state index in [0.29, 0.717) is 18.2 Å². The Labute approximate surface area is 98.1 Å². The Morgan fingerprint density at radius 2 is 2.47 bits per heavy atom. The molecular formula is C12H13N3O2. The molecule has 0 unspecified atom stereocenters. The van der Waals surface area contributed by atoms with Crippen LogP contribution in [0.1, 0.15) is 23.3 Å². The fourth-order valence-electron chi connectivity index (χ4n) is 1.66. The van der Waals surface area contributed by atoms with Crippen molar-refractivity contribution < 1.29 is 9.63 Å². The molecule has 5 nitrogen and oxygen atoms in total. The normalized spacial score (nSPS) is 15.1. The summed E-state index contributed by atoms with van der Waals surface area (Å²) in [4.78, 5) is 23.9. The molecular weight excluding hydrogens is 218 g/mol. The van der Waals surface area contributed by atoms with Crippen LogP contribution in [0.25, 0.3) is 10.9 Å². The number of carbonyl (C=O) groups excluding carboxylic acids is 1. The van der Waals surface area contributed by atoms with Crippen LogP contribution >= 0.6 is 0 Å². The van der Waals surface area contributed by atoms with Crippen LogP contribution < -0.4 is 5.48 Å². The van der Waals surface area contributed by atoms with Gasteiger partial charge in [-0.2, -0.15) is 0 Å². The maximum absolute atomic E-state index is 11.7. The third-order valence-electron chi connectivity index (χ3n) is 2.85. The number of nitrogens with one attached hydrogen (secondary N) is 2. The molecule has 0 aromatic carbocycles. The summed E-state index contributed by atoms with van der Waals surface area (Å²) in [6.07, 6.45) is 5.81. The van der Waals surface area contributed by atoms with Gasteiger partial charge in [0.2, 0.25) is 0 Å². The van der Waals surface area contributed by atoms with E-state index in [1.165, 1.54) is 12.8 Å². The van der Waals surface area contributed by atoms with E-state index >= 15 is 0 Å². The quantitative estimate of drug-likeness (QED) is 0.786. The SMILES string of the molecule is O=C(NOCC1CC1)c1cc2cnccc2[nH]1. The highest BCUT2D eigenvalue weighted by Crippen LogP contribution is 2.28. The van der Waals surface area contributed by atoms with Crippen molar-refractivity contribution in [3.05, 3.63) is 30.2 Å². The largest absolute Gasteiger partial charge is 0.350 e. The molecule has 0 spiro atoms. The predicted molar refractivity (Wildman–Crippen MR) is 62.2 cm³/mol. The lowest BCUT2D eigenvalue weighted by Gasteiger charge is -2.02. The van der Waals surface area contributed by atoms with Crippen LogP contribution in [0, 0.1) is 5.92 Å². The van der Waals surface area contributed by atoms with E-state index in [1.54, 1.807) is 18.5 Å². The molecule has 88 valence electrons. The topological polar surface area (TPSA) is 67.0 Å². The van der Waals surface area contributed by atoms with Gasteiger partial charge in [-0.1, -0.05) is 0 Å². The number of nitrogens with zero attached hydrogens (tertiary/aromatic N) is 1. The molecule has 1 saturated carbocycles. The minimum absolute atomic E-state index is 0.248. The summed E-state index contributed by atoms with van der Waals surface area (Å²) in [5, 5.41) is 0.917. The van der Waals surface area contributed by atoms with Crippen LogP contribution in [-0.2, 0) is 4.84 Å². The van der Waals surface area contributed by atoms with Gasteiger partial charge < -0.3 is 4.98 Å². The van der Waals surface area contributed by atoms with Gasteiger partial charge in [0.05, 0.1) is 6.61 Å². The van der Waals surface area contributed by atoms with Crippen LogP contribution in [0.15, 0.2) is 24.5 Å². The van der Waals surface area contributed by atoms with Crippen molar-refractivity contribution in [2.24, 2.45) is 5.92 Å². The van der Waals surface area contributed by atoms with Crippen molar-refractivity contribution in [3.63, 3.8) is 0 Å². The highest BCUT2D eigenvalue weighted by atomic mass is 16.7. The zero-order valence-electron chi connectivity index (χ0n) is 9.27. The summed E-state index contributed by atoms with van der Waals surface area (Å²) in [7, 11) is 0. The molecule has 1 fully saturated rings. The van der Waals surface area contributed by atoms with Gasteiger partial charge in [-0.15, -0.1) is 0 Å². The average Bonchev–Trinajstić information content (AvgIpc) is 3.06. The first-order valence-electron chi connectivity index (χ1n) is 5.68. The van der Waals surface area contributed by atoms with Crippen molar-refractivity contribution in [3.8, 4) is 0 Å². The predicted octanol–water partition coefficient (Wildman–Crippen LogP) is 1.63. The van der Waals surface area contributed by atoms with Crippen molar-refractivity contribution in [2.75, 3.05) is 6.61 Å². The van der Waals surface area contributed by atoms with Crippen LogP contribution in [0.4, 0.5) is 0 Å². The molecule has 1 amide bonds. The number of aromatic nitrogens is 2. The van der Waals surface area contributed by atoms with Crippen molar-refractivity contribution >= 4 is 16.8 Å². The summed E-state index contributed by atoms with van der Waals surface area (Å²) in [6, 6.07) is 3.59. The van der Waals surface area contributed by atoms with Crippen molar-refractivity contribution in [1.29, 1.82) is 0 Å². The lowest BCUT2D eigenvalue weighted by atomic mass is 10.3. The minimum atomic E-state index is -0.248. The van der Waals surface area contributed by atoms with E-state index in [4.69, 9.17) is 4.84 Å². The molecule has 0 saturated heterocycles. The monoisotopic (exact) mass is 231 g/mol. The third kappa shape index (κ3) is 2.29. The first-order chi connectivity index (χ1) is 8.33. The Balaban J connectivity index is 1.67. The molecule has 2 aromatic rings. The molecule has 1 aliphatic rings. The van der Waals surface area contributed by atoms with Gasteiger partial charge >= 0.3 is 0 Å². The summed E-state index contributed by atoms with van der Waals surface area (Å²) in [5.74, 6) is 0.379. The molecule has 0 radical (unpaired) electrons. The fraction of sp³-hybridized carbons (Fsp3) is 0.333. The van der Waals surface area contributed by atoms with Crippen LogP contribution in [-0.4, -0.2) is 22.5 Å². The molecule has 0 bridgehead atoms. The molecule has 3 rings (SSSR count). The van der Waals surface area contributed by atoms with Crippen LogP contribution in [0.3, 0.4) is 0 Å². The number of aromatic amines is 1. The smallest absolute Gasteiger partial charge is 0.291 e. The number of hydroxylamine groups is 1. The van der Waals surface area contributed by atoms with Gasteiger partial charge in [0.25, 0.3) is 5.91 Å². The molecule has 5 heteroatoms. The number of carbonyl (C=O) groups is 1. The number of H-pyrrole nitrogens is 1. The fourth-order valence-corrected chi connectivity index (χ4v) is 1.66. The van der Waals surface area contributed by atoms with Gasteiger partial charge in [0, 0.05) is 23.3 Å². The maximum Gasteiger partial charge on any atom is 0.291 e. The van der Waals surface area contributed by atoms with Crippen LogP contribution in [0.2, 0.25) is 0 Å². The Hall–Kier alpha value is -1.88. The Kier molecular flexibility index (Phi) is 2.53. The summed E-state index contributed by atoms with van der Waals surface area (Å²) < 4.78 is 0. The number of hydrogen-bond acceptors (Lipinski definition) is 3. The van der Waals surface area contributed by atoms with Crippen molar-refractivity contribution in [1.82, 2.24) is 15.4 Å². The summed E-state index contributed by atoms with van der Waals surface area (Å²) >= 11 is 0. The second-order valence-electron chi connectivity index (χ2n) is 4.33. The lowest BCUT2D eigenvalue weighted by Crippen LogP contribution is -2.24. The average molecular weight is 231 g/mol. The van der Waals surface area contributed by atoms with Gasteiger partial charge in [-0.05, 0) is 30.9 Å². The number of amides is 1. The van der Waals surface area contributed by atoms with E-state index in [9.17, 15) is 4.79 Å². The molecule has 0 aliphatic heterocycles. The highest BCUT2D eigenvalue weighted by Gasteiger charge is 2.22. The van der Waals surface area contributed by atoms with Gasteiger partial charge in [-0.3, -0.25) is 14.6 Å². The zero-order chi connectivity index (χ0) is 11.7. The Morgan fingerprint density at radius 1 is 1.59 bits per heavy atom. The molecule has 2 N–H and O–H groups in total. The van der Waals surface area contributed by atoms with E-state index in [0.717, 1.165) is 10.9 Å². The Bertz CT molecular complexity index is 512. The maximum atomic E-state index is 11.7. The van der Waals surface area contributed by atoms with E-state index < -0.39 is 0 Å². The molecule has 2 aromatic heterocycles. The van der Waals surface area contributed by atoms with Gasteiger partial charge in [-0.25, -0.2) is 5.48 Å². The van der Waals surface area contributed by atoms with Gasteiger partial charge in [0.15, 0.2) is 0 Å². The van der Waals surface area contributed by atoms with E-state index in [1.807, 2.05) is 6.07 Å². The first-order valence-corrected chi connectivity index (χ1v) is 5.68. The zero-order valence-corrected chi connectivity index (χ0v) is 9.27. The number of rotatable bonds is 4. The Morgan fingerprint density at radius 3 is 3.24 bits per heavy atom. The standard InChI is InChI=1S/C12H13N3O2/c16-12(15-17-7-8-1-2-8)11-5-9-6-13-4-3-10(9)14-11/h3-6,8,14H,1-2,7H2,(H,15,16). The van der Waals surface area contributed by atoms with Crippen LogP contribution in [0.5, 0.6) is 0 Å². The van der Waals surface area contributed by atoms with E-state index in [2.05, 4.69) is 15.4 Å².